The van der Waals surface area contributed by atoms with Gasteiger partial charge in [-0.05, 0) is 19.8 Å². The molecule has 0 spiro atoms. The molecule has 0 aromatic rings. The van der Waals surface area contributed by atoms with Gasteiger partial charge < -0.3 is 0 Å². The van der Waals surface area contributed by atoms with Crippen LogP contribution >= 0.6 is 7.82 Å². The summed E-state index contributed by atoms with van der Waals surface area (Å²) in [7, 11) is -3.23. The molecule has 0 aromatic heterocycles. The molecule has 1 saturated heterocycles. The zero-order valence-electron chi connectivity index (χ0n) is 8.74. The summed E-state index contributed by atoms with van der Waals surface area (Å²) in [5, 5.41) is 0. The fraction of sp³-hybridized carbons (Fsp3) is 1.00. The highest BCUT2D eigenvalue weighted by molar-refractivity contribution is 7.48. The van der Waals surface area contributed by atoms with Gasteiger partial charge in [-0.15, -0.1) is 0 Å². The van der Waals surface area contributed by atoms with Crippen LogP contribution < -0.4 is 0 Å². The van der Waals surface area contributed by atoms with E-state index in [1.807, 2.05) is 0 Å². The molecule has 0 aliphatic carbocycles. The van der Waals surface area contributed by atoms with Crippen molar-refractivity contribution in [1.29, 1.82) is 0 Å². The van der Waals surface area contributed by atoms with E-state index < -0.39 is 7.82 Å². The Morgan fingerprint density at radius 3 is 2.07 bits per heavy atom. The second-order valence-electron chi connectivity index (χ2n) is 3.30. The van der Waals surface area contributed by atoms with Gasteiger partial charge in [-0.3, -0.25) is 13.6 Å². The van der Waals surface area contributed by atoms with E-state index in [2.05, 4.69) is 0 Å². The first-order valence-electron chi connectivity index (χ1n) is 5.30. The first kappa shape index (κ1) is 12.2. The molecule has 0 N–H and O–H groups in total. The Balaban J connectivity index is 2.41. The van der Waals surface area contributed by atoms with Crippen molar-refractivity contribution in [3.8, 4) is 0 Å². The van der Waals surface area contributed by atoms with Gasteiger partial charge in [0, 0.05) is 0 Å². The summed E-state index contributed by atoms with van der Waals surface area (Å²) in [4.78, 5) is 0. The molecule has 4 nitrogen and oxygen atoms in total. The van der Waals surface area contributed by atoms with E-state index in [1.54, 1.807) is 6.92 Å². The van der Waals surface area contributed by atoms with Gasteiger partial charge in [-0.2, -0.15) is 0 Å². The maximum atomic E-state index is 11.8. The Labute approximate surface area is 85.5 Å². The quantitative estimate of drug-likeness (QED) is 0.673. The van der Waals surface area contributed by atoms with Crippen LogP contribution in [0.2, 0.25) is 0 Å². The van der Waals surface area contributed by atoms with Crippen molar-refractivity contribution in [3.63, 3.8) is 0 Å². The second kappa shape index (κ2) is 6.57. The van der Waals surface area contributed by atoms with Crippen LogP contribution in [0, 0.1) is 0 Å². The predicted molar refractivity (Wildman–Crippen MR) is 54.2 cm³/mol. The SMILES string of the molecule is CCOP1(=O)OCCCCCCCO1. The molecule has 1 rings (SSSR count). The molecule has 0 unspecified atom stereocenters. The Hall–Kier alpha value is 0.110. The van der Waals surface area contributed by atoms with E-state index in [-0.39, 0.29) is 0 Å². The number of phosphoric ester groups is 1. The average molecular weight is 222 g/mol. The standard InChI is InChI=1S/C9H19O4P/c1-2-11-14(10)12-8-6-4-3-5-7-9-13-14/h2-9H2,1H3. The largest absolute Gasteiger partial charge is 0.474 e. The van der Waals surface area contributed by atoms with Crippen molar-refractivity contribution in [2.24, 2.45) is 0 Å². The molecule has 1 aliphatic rings. The molecule has 0 radical (unpaired) electrons. The summed E-state index contributed by atoms with van der Waals surface area (Å²) < 4.78 is 27.1. The Bertz CT molecular complexity index is 181. The topological polar surface area (TPSA) is 44.8 Å². The first-order valence-corrected chi connectivity index (χ1v) is 6.76. The molecule has 0 bridgehead atoms. The van der Waals surface area contributed by atoms with E-state index >= 15 is 0 Å². The number of hydrogen-bond acceptors (Lipinski definition) is 4. The van der Waals surface area contributed by atoms with Crippen LogP contribution in [0.4, 0.5) is 0 Å². The predicted octanol–water partition coefficient (Wildman–Crippen LogP) is 3.13. The van der Waals surface area contributed by atoms with Gasteiger partial charge in [-0.1, -0.05) is 19.3 Å². The fourth-order valence-electron chi connectivity index (χ4n) is 1.36. The van der Waals surface area contributed by atoms with Crippen LogP contribution in [-0.2, 0) is 18.1 Å². The minimum absolute atomic E-state index is 0.358. The zero-order chi connectivity index (χ0) is 10.3. The van der Waals surface area contributed by atoms with Crippen LogP contribution in [0.3, 0.4) is 0 Å². The summed E-state index contributed by atoms with van der Waals surface area (Å²) in [6.45, 7) is 3.08. The molecular weight excluding hydrogens is 203 g/mol. The third-order valence-corrected chi connectivity index (χ3v) is 3.65. The number of phosphoric acid groups is 1. The molecule has 0 saturated carbocycles. The molecule has 1 aliphatic heterocycles. The smallest absolute Gasteiger partial charge is 0.287 e. The summed E-state index contributed by atoms with van der Waals surface area (Å²) >= 11 is 0. The van der Waals surface area contributed by atoms with Crippen LogP contribution in [0.5, 0.6) is 0 Å². The molecule has 1 fully saturated rings. The van der Waals surface area contributed by atoms with E-state index in [9.17, 15) is 4.57 Å². The van der Waals surface area contributed by atoms with Crippen molar-refractivity contribution in [3.05, 3.63) is 0 Å². The van der Waals surface area contributed by atoms with Gasteiger partial charge in [0.05, 0.1) is 19.8 Å². The lowest BCUT2D eigenvalue weighted by atomic mass is 10.1. The average Bonchev–Trinajstić information content (AvgIpc) is 2.16. The molecule has 1 heterocycles. The van der Waals surface area contributed by atoms with E-state index in [0.29, 0.717) is 19.8 Å². The van der Waals surface area contributed by atoms with Gasteiger partial charge in [0.2, 0.25) is 0 Å². The Morgan fingerprint density at radius 1 is 1.07 bits per heavy atom. The van der Waals surface area contributed by atoms with Gasteiger partial charge in [0.1, 0.15) is 0 Å². The highest BCUT2D eigenvalue weighted by atomic mass is 31.2. The minimum Gasteiger partial charge on any atom is -0.287 e. The highest BCUT2D eigenvalue weighted by Gasteiger charge is 2.25. The minimum atomic E-state index is -3.23. The third-order valence-electron chi connectivity index (χ3n) is 2.07. The summed E-state index contributed by atoms with van der Waals surface area (Å²) in [6, 6.07) is 0. The summed E-state index contributed by atoms with van der Waals surface area (Å²) in [5.74, 6) is 0. The van der Waals surface area contributed by atoms with Gasteiger partial charge in [0.25, 0.3) is 0 Å². The molecule has 84 valence electrons. The van der Waals surface area contributed by atoms with Crippen LogP contribution in [0.1, 0.15) is 39.0 Å². The van der Waals surface area contributed by atoms with E-state index in [4.69, 9.17) is 13.6 Å². The molecule has 14 heavy (non-hydrogen) atoms. The van der Waals surface area contributed by atoms with E-state index in [0.717, 1.165) is 25.7 Å². The van der Waals surface area contributed by atoms with Crippen molar-refractivity contribution in [2.75, 3.05) is 19.8 Å². The number of hydrogen-bond donors (Lipinski definition) is 0. The Morgan fingerprint density at radius 2 is 1.57 bits per heavy atom. The van der Waals surface area contributed by atoms with Crippen molar-refractivity contribution in [2.45, 2.75) is 39.0 Å². The highest BCUT2D eigenvalue weighted by Crippen LogP contribution is 2.49. The van der Waals surface area contributed by atoms with Gasteiger partial charge in [-0.25, -0.2) is 4.57 Å². The first-order chi connectivity index (χ1) is 6.77. The van der Waals surface area contributed by atoms with Gasteiger partial charge in [0.15, 0.2) is 0 Å². The van der Waals surface area contributed by atoms with Crippen molar-refractivity contribution < 1.29 is 18.1 Å². The molecule has 0 aromatic carbocycles. The lowest BCUT2D eigenvalue weighted by Gasteiger charge is -2.18. The Kier molecular flexibility index (Phi) is 5.71. The monoisotopic (exact) mass is 222 g/mol. The lowest BCUT2D eigenvalue weighted by molar-refractivity contribution is 0.110. The molecular formula is C9H19O4P. The van der Waals surface area contributed by atoms with E-state index in [1.165, 1.54) is 6.42 Å². The lowest BCUT2D eigenvalue weighted by Crippen LogP contribution is -2.04. The summed E-state index contributed by atoms with van der Waals surface area (Å²) in [5.41, 5.74) is 0. The van der Waals surface area contributed by atoms with Crippen LogP contribution in [0.25, 0.3) is 0 Å². The van der Waals surface area contributed by atoms with Crippen molar-refractivity contribution >= 4 is 7.82 Å². The maximum Gasteiger partial charge on any atom is 0.474 e. The summed E-state index contributed by atoms with van der Waals surface area (Å²) in [6.07, 6.45) is 5.32. The van der Waals surface area contributed by atoms with Gasteiger partial charge >= 0.3 is 7.82 Å². The normalized spacial score (nSPS) is 24.4. The van der Waals surface area contributed by atoms with Crippen LogP contribution in [-0.4, -0.2) is 19.8 Å². The number of rotatable bonds is 2. The third kappa shape index (κ3) is 4.56. The molecule has 0 atom stereocenters. The molecule has 5 heteroatoms. The fourth-order valence-corrected chi connectivity index (χ4v) is 2.60. The maximum absolute atomic E-state index is 11.8. The van der Waals surface area contributed by atoms with Crippen molar-refractivity contribution in [1.82, 2.24) is 0 Å². The zero-order valence-corrected chi connectivity index (χ0v) is 9.63. The van der Waals surface area contributed by atoms with Crippen LogP contribution in [0.15, 0.2) is 0 Å². The molecule has 0 amide bonds. The second-order valence-corrected chi connectivity index (χ2v) is 4.97.